The SMILES string of the molecule is [B]c1c([B])c([B])c(-c2c([B])c([B])c(N(c3cc(-n4c5ccccc5c5ccccc54)c4c(c3)C(C)(C)c3ccccc3-4)c3c([B])c([B])c(-c4c([B])c([B])c([B])c([B])c4[B])c([B])c3[B])c([B])c2[B])c([B])c1[B]. The molecule has 0 N–H and O–H groups in total. The Hall–Kier alpha value is -5.47. The zero-order chi connectivity index (χ0) is 51.2. The summed E-state index contributed by atoms with van der Waals surface area (Å²) in [6, 6.07) is 28.6. The average molecular weight is 855 g/mol. The van der Waals surface area contributed by atoms with E-state index in [1.54, 1.807) is 4.90 Å². The van der Waals surface area contributed by atoms with E-state index in [2.05, 4.69) is 54.8 Å². The van der Waals surface area contributed by atoms with Gasteiger partial charge in [0.2, 0.25) is 0 Å². The summed E-state index contributed by atoms with van der Waals surface area (Å²) in [5.41, 5.74) is 5.39. The Morgan fingerprint density at radius 1 is 0.338 bits per heavy atom. The van der Waals surface area contributed by atoms with Gasteiger partial charge in [0, 0.05) is 38.8 Å². The second kappa shape index (κ2) is 17.3. The average Bonchev–Trinajstić information content (AvgIpc) is 3.82. The maximum absolute atomic E-state index is 7.28. The summed E-state index contributed by atoms with van der Waals surface area (Å²) >= 11 is 0. The van der Waals surface area contributed by atoms with E-state index < -0.39 is 5.41 Å². The highest BCUT2D eigenvalue weighted by Gasteiger charge is 2.39. The zero-order valence-corrected chi connectivity index (χ0v) is 38.9. The fraction of sp³-hybridized carbons (Fsp3) is 0.0588. The molecular formula is C51H20B18N2. The minimum atomic E-state index is -0.604. The van der Waals surface area contributed by atoms with Crippen molar-refractivity contribution in [2.45, 2.75) is 19.3 Å². The van der Waals surface area contributed by atoms with Gasteiger partial charge in [-0.05, 0) is 63.2 Å². The molecule has 1 heterocycles. The van der Waals surface area contributed by atoms with Crippen LogP contribution in [-0.2, 0) is 5.41 Å². The first-order valence-corrected chi connectivity index (χ1v) is 22.2. The summed E-state index contributed by atoms with van der Waals surface area (Å²) in [4.78, 5) is 1.63. The van der Waals surface area contributed by atoms with Gasteiger partial charge >= 0.3 is 0 Å². The number of nitrogens with zero attached hydrogens (tertiary/aromatic N) is 2. The summed E-state index contributed by atoms with van der Waals surface area (Å²) in [6.45, 7) is 4.31. The third-order valence-electron chi connectivity index (χ3n) is 14.3. The number of para-hydroxylation sites is 2. The first-order chi connectivity index (χ1) is 33.6. The Labute approximate surface area is 439 Å². The molecule has 0 atom stereocenters. The molecule has 20 heteroatoms. The van der Waals surface area contributed by atoms with Crippen LogP contribution in [0, 0.1) is 0 Å². The fourth-order valence-electron chi connectivity index (χ4n) is 10.5. The molecule has 8 aromatic carbocycles. The zero-order valence-electron chi connectivity index (χ0n) is 38.9. The maximum atomic E-state index is 7.28. The second-order valence-electron chi connectivity index (χ2n) is 18.4. The third-order valence-corrected chi connectivity index (χ3v) is 14.3. The standard InChI is InChI=1S/C51H20B18N2/c1-51(2)21-12-6-3-11-20(21)26-22(51)15-17(16-25(26)71-23-13-7-4-9-18(23)19-10-5-8-14-24(19)71)70(49-45(66)35(56)29(36(57)46(49)67)27-31(52)39(60)43(64)40(61)32(27)53)50-47(68)37(58)30(38(59)48(50)69)28-33(54)41(62)44(65)42(63)34(28)55/h3-16H,1-2H3. The smallest absolute Gasteiger partial charge is 0.115 e. The minimum Gasteiger partial charge on any atom is -0.313 e. The molecule has 0 fully saturated rings. The van der Waals surface area contributed by atoms with Crippen molar-refractivity contribution in [3.05, 3.63) is 96.1 Å². The van der Waals surface area contributed by atoms with Crippen LogP contribution < -0.4 is 103 Å². The van der Waals surface area contributed by atoms with E-state index in [9.17, 15) is 0 Å². The van der Waals surface area contributed by atoms with Gasteiger partial charge in [-0.15, -0.1) is 32.8 Å². The van der Waals surface area contributed by atoms with E-state index in [1.807, 2.05) is 48.5 Å². The lowest BCUT2D eigenvalue weighted by atomic mass is 9.56. The fourth-order valence-corrected chi connectivity index (χ4v) is 10.5. The highest BCUT2D eigenvalue weighted by atomic mass is 15.2. The van der Waals surface area contributed by atoms with E-state index in [1.165, 1.54) is 0 Å². The quantitative estimate of drug-likeness (QED) is 0.151. The Bertz CT molecular complexity index is 3550. The van der Waals surface area contributed by atoms with E-state index in [-0.39, 0.29) is 132 Å². The lowest BCUT2D eigenvalue weighted by molar-refractivity contribution is 0.660. The van der Waals surface area contributed by atoms with E-state index in [0.717, 1.165) is 49.7 Å². The molecule has 0 bridgehead atoms. The molecule has 0 spiro atoms. The molecule has 10 rings (SSSR count). The van der Waals surface area contributed by atoms with Crippen LogP contribution in [0.4, 0.5) is 17.1 Å². The van der Waals surface area contributed by atoms with E-state index in [0.29, 0.717) is 5.69 Å². The summed E-state index contributed by atoms with van der Waals surface area (Å²) in [5.74, 6) is 0. The molecule has 2 nitrogen and oxygen atoms in total. The van der Waals surface area contributed by atoms with Crippen LogP contribution >= 0.6 is 0 Å². The van der Waals surface area contributed by atoms with Crippen molar-refractivity contribution in [3.63, 3.8) is 0 Å². The predicted octanol–water partition coefficient (Wildman–Crippen LogP) is -7.82. The highest BCUT2D eigenvalue weighted by molar-refractivity contribution is 6.73. The van der Waals surface area contributed by atoms with Crippen molar-refractivity contribution in [1.82, 2.24) is 4.57 Å². The lowest BCUT2D eigenvalue weighted by Gasteiger charge is -2.38. The molecule has 71 heavy (non-hydrogen) atoms. The number of hydrogen-bond acceptors (Lipinski definition) is 1. The van der Waals surface area contributed by atoms with Gasteiger partial charge in [0.05, 0.1) is 16.7 Å². The Kier molecular flexibility index (Phi) is 12.0. The van der Waals surface area contributed by atoms with Crippen molar-refractivity contribution in [2.75, 3.05) is 4.90 Å². The maximum Gasteiger partial charge on any atom is 0.115 e. The molecule has 0 saturated heterocycles. The summed E-state index contributed by atoms with van der Waals surface area (Å²) < 4.78 is 2.23. The van der Waals surface area contributed by atoms with Gasteiger partial charge in [-0.1, -0.05) is 140 Å². The predicted molar refractivity (Wildman–Crippen MR) is 321 cm³/mol. The van der Waals surface area contributed by atoms with Gasteiger partial charge < -0.3 is 9.47 Å². The van der Waals surface area contributed by atoms with Crippen LogP contribution in [0.5, 0.6) is 0 Å². The summed E-state index contributed by atoms with van der Waals surface area (Å²) in [7, 11) is 122. The molecule has 9 aromatic rings. The van der Waals surface area contributed by atoms with Crippen LogP contribution in [0.25, 0.3) is 60.9 Å². The third kappa shape index (κ3) is 6.88. The van der Waals surface area contributed by atoms with Crippen LogP contribution in [0.2, 0.25) is 0 Å². The van der Waals surface area contributed by atoms with Crippen molar-refractivity contribution >= 4 is 278 Å². The molecule has 36 radical (unpaired) electrons. The lowest BCUT2D eigenvalue weighted by Crippen LogP contribution is -2.57. The molecular weight excluding hydrogens is 835 g/mol. The molecule has 1 aliphatic rings. The number of fused-ring (bicyclic) bond motifs is 6. The Morgan fingerprint density at radius 2 is 0.662 bits per heavy atom. The summed E-state index contributed by atoms with van der Waals surface area (Å²) in [6.07, 6.45) is 0. The normalized spacial score (nSPS) is 12.6. The second-order valence-corrected chi connectivity index (χ2v) is 18.4. The van der Waals surface area contributed by atoms with Gasteiger partial charge in [0.25, 0.3) is 0 Å². The van der Waals surface area contributed by atoms with Gasteiger partial charge in [0.1, 0.15) is 141 Å². The Balaban J connectivity index is 1.38. The molecule has 1 aliphatic carbocycles. The number of rotatable bonds is 6. The largest absolute Gasteiger partial charge is 0.313 e. The molecule has 0 saturated carbocycles. The van der Waals surface area contributed by atoms with E-state index in [4.69, 9.17) is 141 Å². The van der Waals surface area contributed by atoms with Crippen LogP contribution in [-0.4, -0.2) is 146 Å². The number of aromatic nitrogens is 1. The number of hydrogen-bond donors (Lipinski definition) is 0. The van der Waals surface area contributed by atoms with Crippen molar-refractivity contribution in [1.29, 1.82) is 0 Å². The highest BCUT2D eigenvalue weighted by Crippen LogP contribution is 2.54. The first kappa shape index (κ1) is 49.1. The van der Waals surface area contributed by atoms with Crippen molar-refractivity contribution in [2.24, 2.45) is 0 Å². The van der Waals surface area contributed by atoms with Gasteiger partial charge in [-0.25, -0.2) is 0 Å². The van der Waals surface area contributed by atoms with Gasteiger partial charge in [-0.3, -0.25) is 0 Å². The van der Waals surface area contributed by atoms with Crippen LogP contribution in [0.15, 0.2) is 84.9 Å². The van der Waals surface area contributed by atoms with Crippen LogP contribution in [0.3, 0.4) is 0 Å². The van der Waals surface area contributed by atoms with E-state index >= 15 is 0 Å². The van der Waals surface area contributed by atoms with Crippen molar-refractivity contribution in [3.8, 4) is 39.1 Å². The molecule has 1 aromatic heterocycles. The number of benzene rings is 8. The Morgan fingerprint density at radius 3 is 1.06 bits per heavy atom. The summed E-state index contributed by atoms with van der Waals surface area (Å²) in [5, 5.41) is 2.06. The minimum absolute atomic E-state index is 0.0252. The van der Waals surface area contributed by atoms with Crippen molar-refractivity contribution < 1.29 is 0 Å². The molecule has 0 aliphatic heterocycles. The van der Waals surface area contributed by atoms with Gasteiger partial charge in [0.15, 0.2) is 0 Å². The van der Waals surface area contributed by atoms with Crippen LogP contribution in [0.1, 0.15) is 25.0 Å². The monoisotopic (exact) mass is 858 g/mol. The first-order valence-electron chi connectivity index (χ1n) is 22.2. The molecule has 0 unspecified atom stereocenters. The molecule has 288 valence electrons. The topological polar surface area (TPSA) is 8.17 Å². The molecule has 0 amide bonds. The van der Waals surface area contributed by atoms with Gasteiger partial charge in [-0.2, -0.15) is 0 Å². The number of anilines is 3.